The van der Waals surface area contributed by atoms with Crippen LogP contribution in [0.25, 0.3) is 22.3 Å². The lowest BCUT2D eigenvalue weighted by Crippen LogP contribution is -3.00. The van der Waals surface area contributed by atoms with Gasteiger partial charge in [-0.2, -0.15) is 0 Å². The average Bonchev–Trinajstić information content (AvgIpc) is 2.84. The second kappa shape index (κ2) is 10.8. The van der Waals surface area contributed by atoms with Gasteiger partial charge in [0.05, 0.1) is 32.5 Å². The molecule has 0 saturated carbocycles. The van der Waals surface area contributed by atoms with Gasteiger partial charge in [-0.3, -0.25) is 0 Å². The number of rotatable bonds is 6. The van der Waals surface area contributed by atoms with Gasteiger partial charge in [0.1, 0.15) is 41.3 Å². The Kier molecular flexibility index (Phi) is 8.19. The van der Waals surface area contributed by atoms with E-state index >= 15 is 0 Å². The number of phenolic OH excluding ortho intramolecular Hbond substituents is 3. The number of halogens is 1. The molecule has 0 spiro atoms. The van der Waals surface area contributed by atoms with Crippen LogP contribution in [0.15, 0.2) is 34.7 Å². The molecule has 0 bridgehead atoms. The van der Waals surface area contributed by atoms with Crippen molar-refractivity contribution >= 4 is 11.0 Å². The number of aliphatic hydroxyl groups is 4. The molecule has 36 heavy (non-hydrogen) atoms. The molecule has 0 radical (unpaired) electrons. The van der Waals surface area contributed by atoms with E-state index < -0.39 is 37.3 Å². The van der Waals surface area contributed by atoms with E-state index in [1.54, 1.807) is 0 Å². The van der Waals surface area contributed by atoms with E-state index in [1.165, 1.54) is 38.5 Å². The van der Waals surface area contributed by atoms with Crippen LogP contribution in [-0.4, -0.2) is 87.3 Å². The molecule has 0 aliphatic carbocycles. The predicted octanol–water partition coefficient (Wildman–Crippen LogP) is -2.30. The van der Waals surface area contributed by atoms with E-state index in [9.17, 15) is 35.7 Å². The highest BCUT2D eigenvalue weighted by molar-refractivity contribution is 5.88. The first-order valence-electron chi connectivity index (χ1n) is 10.4. The van der Waals surface area contributed by atoms with Gasteiger partial charge in [-0.05, 0) is 0 Å². The van der Waals surface area contributed by atoms with Crippen LogP contribution in [0.1, 0.15) is 0 Å². The molecule has 1 aromatic heterocycles. The summed E-state index contributed by atoms with van der Waals surface area (Å²) in [7, 11) is 2.66. The zero-order valence-corrected chi connectivity index (χ0v) is 19.8. The van der Waals surface area contributed by atoms with E-state index in [4.69, 9.17) is 23.4 Å². The van der Waals surface area contributed by atoms with Crippen molar-refractivity contribution in [3.05, 3.63) is 30.3 Å². The van der Waals surface area contributed by atoms with Gasteiger partial charge in [-0.1, -0.05) is 0 Å². The fraction of sp³-hybridized carbons (Fsp3) is 0.348. The van der Waals surface area contributed by atoms with Gasteiger partial charge >= 0.3 is 11.3 Å². The molecule has 0 unspecified atom stereocenters. The predicted molar refractivity (Wildman–Crippen MR) is 119 cm³/mol. The third kappa shape index (κ3) is 4.87. The van der Waals surface area contributed by atoms with Crippen LogP contribution >= 0.6 is 0 Å². The number of hydrogen-bond acceptors (Lipinski definition) is 11. The summed E-state index contributed by atoms with van der Waals surface area (Å²) >= 11 is 0. The van der Waals surface area contributed by atoms with Crippen LogP contribution in [0.5, 0.6) is 34.5 Å². The van der Waals surface area contributed by atoms with E-state index in [1.807, 2.05) is 0 Å². The monoisotopic (exact) mass is 528 g/mol. The first-order chi connectivity index (χ1) is 16.7. The van der Waals surface area contributed by atoms with Gasteiger partial charge in [0.2, 0.25) is 17.8 Å². The maximum atomic E-state index is 10.4. The van der Waals surface area contributed by atoms with Crippen LogP contribution in [0, 0.1) is 0 Å². The van der Waals surface area contributed by atoms with Gasteiger partial charge in [-0.15, -0.1) is 0 Å². The number of fused-ring (bicyclic) bond motifs is 1. The van der Waals surface area contributed by atoms with Crippen molar-refractivity contribution in [2.75, 3.05) is 20.8 Å². The molecular formula is C23H25ClO12. The highest BCUT2D eigenvalue weighted by Crippen LogP contribution is 2.45. The Bertz CT molecular complexity index is 1210. The maximum Gasteiger partial charge on any atom is 0.402 e. The Morgan fingerprint density at radius 1 is 0.861 bits per heavy atom. The molecule has 7 N–H and O–H groups in total. The average molecular weight is 529 g/mol. The van der Waals surface area contributed by atoms with Crippen LogP contribution in [0.3, 0.4) is 0 Å². The lowest BCUT2D eigenvalue weighted by atomic mass is 9.99. The normalized spacial score (nSPS) is 23.7. The summed E-state index contributed by atoms with van der Waals surface area (Å²) in [6.45, 7) is -0.661. The minimum atomic E-state index is -1.71. The largest absolute Gasteiger partial charge is 1.00 e. The Balaban J connectivity index is 0.00000361. The Morgan fingerprint density at radius 3 is 2.08 bits per heavy atom. The van der Waals surface area contributed by atoms with Gasteiger partial charge in [0, 0.05) is 24.3 Å². The lowest BCUT2D eigenvalue weighted by molar-refractivity contribution is -0.277. The van der Waals surface area contributed by atoms with Gasteiger partial charge in [-0.25, -0.2) is 4.42 Å². The Labute approximate surface area is 210 Å². The third-order valence-corrected chi connectivity index (χ3v) is 5.65. The second-order valence-corrected chi connectivity index (χ2v) is 7.86. The van der Waals surface area contributed by atoms with Crippen molar-refractivity contribution in [2.45, 2.75) is 30.7 Å². The van der Waals surface area contributed by atoms with Crippen molar-refractivity contribution in [1.82, 2.24) is 0 Å². The van der Waals surface area contributed by atoms with Crippen LogP contribution in [-0.2, 0) is 4.74 Å². The molecule has 5 atom stereocenters. The molecule has 1 aliphatic heterocycles. The molecule has 1 fully saturated rings. The van der Waals surface area contributed by atoms with E-state index in [2.05, 4.69) is 0 Å². The first kappa shape index (κ1) is 27.3. The topological polar surface area (TPSA) is 190 Å². The zero-order chi connectivity index (χ0) is 25.4. The van der Waals surface area contributed by atoms with Crippen molar-refractivity contribution in [3.63, 3.8) is 0 Å². The van der Waals surface area contributed by atoms with Gasteiger partial charge < -0.3 is 67.1 Å². The fourth-order valence-electron chi connectivity index (χ4n) is 3.79. The fourth-order valence-corrected chi connectivity index (χ4v) is 3.79. The number of aromatic hydroxyl groups is 3. The van der Waals surface area contributed by atoms with E-state index in [0.29, 0.717) is 0 Å². The zero-order valence-electron chi connectivity index (χ0n) is 19.0. The summed E-state index contributed by atoms with van der Waals surface area (Å²) in [5.41, 5.74) is 0.325. The minimum absolute atomic E-state index is 0. The van der Waals surface area contributed by atoms with E-state index in [-0.39, 0.29) is 69.2 Å². The van der Waals surface area contributed by atoms with Crippen molar-refractivity contribution in [2.24, 2.45) is 0 Å². The molecule has 12 nitrogen and oxygen atoms in total. The lowest BCUT2D eigenvalue weighted by Gasteiger charge is -2.39. The molecule has 4 rings (SSSR count). The van der Waals surface area contributed by atoms with Gasteiger partial charge in [0.15, 0.2) is 11.5 Å². The maximum absolute atomic E-state index is 10.4. The third-order valence-electron chi connectivity index (χ3n) is 5.65. The molecule has 2 heterocycles. The molecular weight excluding hydrogens is 504 g/mol. The first-order valence-corrected chi connectivity index (χ1v) is 10.4. The summed E-state index contributed by atoms with van der Waals surface area (Å²) in [5, 5.41) is 70.7. The Hall–Kier alpha value is -3.26. The molecule has 0 amide bonds. The minimum Gasteiger partial charge on any atom is -1.00 e. The smallest absolute Gasteiger partial charge is 0.402 e. The molecule has 13 heteroatoms. The summed E-state index contributed by atoms with van der Waals surface area (Å²) < 4.78 is 27.5. The summed E-state index contributed by atoms with van der Waals surface area (Å²) in [6, 6.07) is 6.50. The quantitative estimate of drug-likeness (QED) is 0.170. The molecule has 2 aromatic carbocycles. The second-order valence-electron chi connectivity index (χ2n) is 7.86. The number of benzene rings is 2. The summed E-state index contributed by atoms with van der Waals surface area (Å²) in [6.07, 6.45) is -7.77. The highest BCUT2D eigenvalue weighted by atomic mass is 35.5. The van der Waals surface area contributed by atoms with Gasteiger partial charge in [0.25, 0.3) is 0 Å². The Morgan fingerprint density at radius 2 is 1.50 bits per heavy atom. The van der Waals surface area contributed by atoms with Crippen LogP contribution in [0.2, 0.25) is 0 Å². The van der Waals surface area contributed by atoms with E-state index in [0.717, 1.165) is 6.07 Å². The highest BCUT2D eigenvalue weighted by Gasteiger charge is 2.45. The molecule has 1 aliphatic rings. The van der Waals surface area contributed by atoms with Crippen molar-refractivity contribution < 1.29 is 71.5 Å². The molecule has 1 saturated heterocycles. The number of phenols is 3. The van der Waals surface area contributed by atoms with Crippen molar-refractivity contribution in [3.8, 4) is 45.8 Å². The van der Waals surface area contributed by atoms with Crippen LogP contribution in [0.4, 0.5) is 0 Å². The van der Waals surface area contributed by atoms with Crippen molar-refractivity contribution in [1.29, 1.82) is 0 Å². The number of methoxy groups -OCH3 is 2. The molecule has 196 valence electrons. The summed E-state index contributed by atoms with van der Waals surface area (Å²) in [4.78, 5) is 0. The number of hydrogen-bond donors (Lipinski definition) is 7. The standard InChI is InChI=1S/C23H24O12.ClH/c1-31-14-3-9(4-15(32-2)18(14)27)22-16(7-11-12(26)5-10(25)6-13(11)33-22)34-23-21(30)20(29)19(28)17(8-24)35-23;/h3-7,17,19-21,23-24,28-30H,8H2,1-2H3,(H2-,25,26,27);1H/t17-,19+,20-,21-,23-;/m1./s1. The summed E-state index contributed by atoms with van der Waals surface area (Å²) in [5.74, 6) is -0.928. The number of ether oxygens (including phenoxy) is 4. The van der Waals surface area contributed by atoms with Crippen LogP contribution < -0.4 is 26.6 Å². The SMILES string of the molecule is COc1cc(-c2[o+]c3cc(O)cc(O)c3cc2O[C@@H]2O[C@H](CO)[C@H](O)[C@@H](O)[C@H]2O)cc(OC)c1O.[Cl-]. The number of aliphatic hydroxyl groups excluding tert-OH is 4. The molecule has 3 aromatic rings.